The van der Waals surface area contributed by atoms with Crippen LogP contribution in [0.15, 0.2) is 18.2 Å². The molecule has 1 fully saturated rings. The van der Waals surface area contributed by atoms with Crippen LogP contribution in [0.2, 0.25) is 0 Å². The predicted molar refractivity (Wildman–Crippen MR) is 80.3 cm³/mol. The maximum absolute atomic E-state index is 12.2. The van der Waals surface area contributed by atoms with Gasteiger partial charge < -0.3 is 19.9 Å². The van der Waals surface area contributed by atoms with Crippen molar-refractivity contribution in [3.8, 4) is 5.75 Å². The van der Waals surface area contributed by atoms with Crippen LogP contribution in [-0.4, -0.2) is 62.6 Å². The first kappa shape index (κ1) is 14.7. The van der Waals surface area contributed by atoms with E-state index in [1.54, 1.807) is 7.11 Å². The van der Waals surface area contributed by atoms with E-state index in [0.717, 1.165) is 43.2 Å². The molecule has 20 heavy (non-hydrogen) atoms. The number of carbonyl (C=O) groups is 1. The van der Waals surface area contributed by atoms with Crippen LogP contribution in [0, 0.1) is 6.92 Å². The Kier molecular flexibility index (Phi) is 4.84. The van der Waals surface area contributed by atoms with E-state index >= 15 is 0 Å². The fraction of sp³-hybridized carbons (Fsp3) is 0.533. The van der Waals surface area contributed by atoms with Gasteiger partial charge in [0.05, 0.1) is 19.3 Å². The normalized spacial score (nSPS) is 16.1. The number of amides is 1. The molecular weight excluding hydrogens is 254 g/mol. The third-order valence-electron chi connectivity index (χ3n) is 3.64. The lowest BCUT2D eigenvalue weighted by Crippen LogP contribution is -2.48. The molecule has 0 aliphatic carbocycles. The van der Waals surface area contributed by atoms with Gasteiger partial charge in [-0.05, 0) is 31.7 Å². The lowest BCUT2D eigenvalue weighted by atomic mass is 10.2. The molecule has 1 aliphatic rings. The molecule has 110 valence electrons. The maximum Gasteiger partial charge on any atom is 0.241 e. The van der Waals surface area contributed by atoms with Crippen molar-refractivity contribution in [3.05, 3.63) is 23.8 Å². The monoisotopic (exact) mass is 277 g/mol. The highest BCUT2D eigenvalue weighted by Crippen LogP contribution is 2.24. The van der Waals surface area contributed by atoms with Crippen LogP contribution in [0.3, 0.4) is 0 Å². The summed E-state index contributed by atoms with van der Waals surface area (Å²) >= 11 is 0. The molecule has 0 atom stereocenters. The molecule has 5 heteroatoms. The fourth-order valence-electron chi connectivity index (χ4n) is 2.30. The molecule has 0 unspecified atom stereocenters. The van der Waals surface area contributed by atoms with Gasteiger partial charge in [0, 0.05) is 26.2 Å². The number of aryl methyl sites for hydroxylation is 1. The van der Waals surface area contributed by atoms with Crippen LogP contribution in [0.25, 0.3) is 0 Å². The van der Waals surface area contributed by atoms with Gasteiger partial charge >= 0.3 is 0 Å². The molecule has 0 bridgehead atoms. The highest BCUT2D eigenvalue weighted by atomic mass is 16.5. The molecule has 1 amide bonds. The molecule has 1 aliphatic heterocycles. The molecule has 2 rings (SSSR count). The second-order valence-electron chi connectivity index (χ2n) is 5.24. The number of rotatable bonds is 4. The molecule has 1 heterocycles. The van der Waals surface area contributed by atoms with E-state index in [2.05, 4.69) is 17.3 Å². The van der Waals surface area contributed by atoms with E-state index in [1.165, 1.54) is 0 Å². The average Bonchev–Trinajstić information content (AvgIpc) is 2.45. The van der Waals surface area contributed by atoms with Gasteiger partial charge in [-0.2, -0.15) is 0 Å². The van der Waals surface area contributed by atoms with Crippen LogP contribution in [-0.2, 0) is 4.79 Å². The summed E-state index contributed by atoms with van der Waals surface area (Å²) < 4.78 is 5.30. The molecule has 1 aromatic rings. The minimum absolute atomic E-state index is 0.140. The number of nitrogens with zero attached hydrogens (tertiary/aromatic N) is 2. The summed E-state index contributed by atoms with van der Waals surface area (Å²) in [5, 5.41) is 3.18. The van der Waals surface area contributed by atoms with Gasteiger partial charge in [0.1, 0.15) is 5.75 Å². The van der Waals surface area contributed by atoms with E-state index in [-0.39, 0.29) is 5.91 Å². The van der Waals surface area contributed by atoms with E-state index < -0.39 is 0 Å². The summed E-state index contributed by atoms with van der Waals surface area (Å²) in [5.41, 5.74) is 2.01. The number of carbonyl (C=O) groups excluding carboxylic acids is 1. The van der Waals surface area contributed by atoms with Crippen molar-refractivity contribution >= 4 is 11.6 Å². The average molecular weight is 277 g/mol. The Hall–Kier alpha value is -1.75. The predicted octanol–water partition coefficient (Wildman–Crippen LogP) is 1.19. The summed E-state index contributed by atoms with van der Waals surface area (Å²) in [5.74, 6) is 0.906. The highest BCUT2D eigenvalue weighted by Gasteiger charge is 2.18. The third kappa shape index (κ3) is 3.63. The van der Waals surface area contributed by atoms with Crippen LogP contribution in [0.5, 0.6) is 5.75 Å². The van der Waals surface area contributed by atoms with Gasteiger partial charge in [-0.1, -0.05) is 6.07 Å². The lowest BCUT2D eigenvalue weighted by Gasteiger charge is -2.32. The number of nitrogens with one attached hydrogen (secondary N) is 1. The van der Waals surface area contributed by atoms with Crippen molar-refractivity contribution in [2.45, 2.75) is 6.92 Å². The van der Waals surface area contributed by atoms with Gasteiger partial charge in [0.2, 0.25) is 5.91 Å². The Morgan fingerprint density at radius 3 is 2.65 bits per heavy atom. The Balaban J connectivity index is 1.91. The van der Waals surface area contributed by atoms with Crippen molar-refractivity contribution in [1.82, 2.24) is 9.80 Å². The molecule has 0 saturated carbocycles. The zero-order valence-electron chi connectivity index (χ0n) is 12.5. The summed E-state index contributed by atoms with van der Waals surface area (Å²) in [4.78, 5) is 16.3. The molecule has 1 N–H and O–H groups in total. The standard InChI is InChI=1S/C15H23N3O2/c1-12-4-5-14(20-3)13(10-12)16-11-15(19)18-8-6-17(2)7-9-18/h4-5,10,16H,6-9,11H2,1-3H3. The topological polar surface area (TPSA) is 44.8 Å². The minimum Gasteiger partial charge on any atom is -0.495 e. The molecule has 0 spiro atoms. The number of methoxy groups -OCH3 is 1. The van der Waals surface area contributed by atoms with E-state index in [4.69, 9.17) is 4.74 Å². The Labute approximate surface area is 120 Å². The third-order valence-corrected chi connectivity index (χ3v) is 3.64. The van der Waals surface area contributed by atoms with E-state index in [9.17, 15) is 4.79 Å². The smallest absolute Gasteiger partial charge is 0.241 e. The lowest BCUT2D eigenvalue weighted by molar-refractivity contribution is -0.130. The summed E-state index contributed by atoms with van der Waals surface area (Å²) in [6.07, 6.45) is 0. The first-order valence-corrected chi connectivity index (χ1v) is 6.95. The van der Waals surface area contributed by atoms with Crippen molar-refractivity contribution in [2.75, 3.05) is 52.2 Å². The SMILES string of the molecule is COc1ccc(C)cc1NCC(=O)N1CCN(C)CC1. The maximum atomic E-state index is 12.2. The zero-order valence-corrected chi connectivity index (χ0v) is 12.5. The number of likely N-dealkylation sites (N-methyl/N-ethyl adjacent to an activating group) is 1. The van der Waals surface area contributed by atoms with Crippen LogP contribution < -0.4 is 10.1 Å². The van der Waals surface area contributed by atoms with Crippen LogP contribution in [0.1, 0.15) is 5.56 Å². The molecular formula is C15H23N3O2. The first-order chi connectivity index (χ1) is 9.60. The van der Waals surface area contributed by atoms with Crippen molar-refractivity contribution in [2.24, 2.45) is 0 Å². The van der Waals surface area contributed by atoms with Gasteiger partial charge in [0.25, 0.3) is 0 Å². The van der Waals surface area contributed by atoms with Crippen LogP contribution >= 0.6 is 0 Å². The fourth-order valence-corrected chi connectivity index (χ4v) is 2.30. The number of benzene rings is 1. The first-order valence-electron chi connectivity index (χ1n) is 6.95. The zero-order chi connectivity index (χ0) is 14.5. The molecule has 5 nitrogen and oxygen atoms in total. The van der Waals surface area contributed by atoms with Crippen LogP contribution in [0.4, 0.5) is 5.69 Å². The highest BCUT2D eigenvalue weighted by molar-refractivity contribution is 5.81. The Bertz CT molecular complexity index is 468. The van der Waals surface area contributed by atoms with E-state index in [0.29, 0.717) is 6.54 Å². The molecule has 1 aromatic carbocycles. The van der Waals surface area contributed by atoms with Gasteiger partial charge in [-0.25, -0.2) is 0 Å². The van der Waals surface area contributed by atoms with Crippen molar-refractivity contribution in [1.29, 1.82) is 0 Å². The number of hydrogen-bond acceptors (Lipinski definition) is 4. The van der Waals surface area contributed by atoms with E-state index in [1.807, 2.05) is 30.0 Å². The Morgan fingerprint density at radius 2 is 2.00 bits per heavy atom. The number of piperazine rings is 1. The quantitative estimate of drug-likeness (QED) is 0.898. The second kappa shape index (κ2) is 6.61. The number of anilines is 1. The largest absolute Gasteiger partial charge is 0.495 e. The number of ether oxygens (including phenoxy) is 1. The van der Waals surface area contributed by atoms with Gasteiger partial charge in [0.15, 0.2) is 0 Å². The summed E-state index contributed by atoms with van der Waals surface area (Å²) in [6.45, 7) is 5.83. The Morgan fingerprint density at radius 1 is 1.30 bits per heavy atom. The summed E-state index contributed by atoms with van der Waals surface area (Å²) in [6, 6.07) is 5.90. The number of hydrogen-bond donors (Lipinski definition) is 1. The van der Waals surface area contributed by atoms with Gasteiger partial charge in [-0.15, -0.1) is 0 Å². The van der Waals surface area contributed by atoms with Gasteiger partial charge in [-0.3, -0.25) is 4.79 Å². The van der Waals surface area contributed by atoms with Crippen molar-refractivity contribution in [3.63, 3.8) is 0 Å². The molecule has 0 aromatic heterocycles. The minimum atomic E-state index is 0.140. The van der Waals surface area contributed by atoms with Crippen molar-refractivity contribution < 1.29 is 9.53 Å². The molecule has 1 saturated heterocycles. The summed E-state index contributed by atoms with van der Waals surface area (Å²) in [7, 11) is 3.72. The second-order valence-corrected chi connectivity index (χ2v) is 5.24. The molecule has 0 radical (unpaired) electrons.